The summed E-state index contributed by atoms with van der Waals surface area (Å²) in [5, 5.41) is 0. The number of nitrogens with two attached hydrogens (primary N) is 1. The Labute approximate surface area is 81.9 Å². The maximum absolute atomic E-state index is 10.9. The van der Waals surface area contributed by atoms with Crippen molar-refractivity contribution >= 4 is 11.7 Å². The number of primary amides is 1. The fraction of sp³-hybridized carbons (Fsp3) is 0.444. The minimum Gasteiger partial charge on any atom is -0.363 e. The van der Waals surface area contributed by atoms with E-state index < -0.39 is 5.91 Å². The van der Waals surface area contributed by atoms with Crippen LogP contribution in [-0.4, -0.2) is 21.2 Å². The molecule has 1 amide bonds. The number of Topliss-reactive ketones (excluding diaryl/α,β-unsaturated/α-hetero) is 1. The van der Waals surface area contributed by atoms with Crippen molar-refractivity contribution in [2.24, 2.45) is 5.73 Å². The predicted octanol–water partition coefficient (Wildman–Crippen LogP) is 0.522. The maximum atomic E-state index is 10.9. The molecule has 1 atom stereocenters. The summed E-state index contributed by atoms with van der Waals surface area (Å²) in [6, 6.07) is -0.0856. The van der Waals surface area contributed by atoms with Gasteiger partial charge in [0.2, 0.25) is 0 Å². The van der Waals surface area contributed by atoms with Crippen LogP contribution in [0.4, 0.5) is 0 Å². The first kappa shape index (κ1) is 10.4. The van der Waals surface area contributed by atoms with Crippen LogP contribution in [0.5, 0.6) is 0 Å². The lowest BCUT2D eigenvalue weighted by Gasteiger charge is -2.12. The zero-order chi connectivity index (χ0) is 10.7. The molecule has 1 rings (SSSR count). The van der Waals surface area contributed by atoms with Crippen LogP contribution in [0.25, 0.3) is 0 Å². The smallest absolute Gasteiger partial charge is 0.284 e. The van der Waals surface area contributed by atoms with E-state index in [4.69, 9.17) is 5.73 Å². The fourth-order valence-corrected chi connectivity index (χ4v) is 1.37. The van der Waals surface area contributed by atoms with E-state index in [1.807, 2.05) is 6.92 Å². The van der Waals surface area contributed by atoms with E-state index in [0.29, 0.717) is 6.42 Å². The average Bonchev–Trinajstić information content (AvgIpc) is 2.49. The molecule has 2 N–H and O–H groups in total. The van der Waals surface area contributed by atoms with Gasteiger partial charge in [0.25, 0.3) is 5.91 Å². The van der Waals surface area contributed by atoms with Crippen LogP contribution in [0, 0.1) is 0 Å². The molecule has 1 aromatic heterocycles. The summed E-state index contributed by atoms with van der Waals surface area (Å²) in [5.41, 5.74) is 5.12. The Kier molecular flexibility index (Phi) is 3.01. The van der Waals surface area contributed by atoms with E-state index >= 15 is 0 Å². The molecule has 76 valence electrons. The molecule has 0 spiro atoms. The van der Waals surface area contributed by atoms with Crippen LogP contribution < -0.4 is 5.73 Å². The van der Waals surface area contributed by atoms with Gasteiger partial charge in [-0.3, -0.25) is 9.59 Å². The summed E-state index contributed by atoms with van der Waals surface area (Å²) in [6.45, 7) is 3.35. The van der Waals surface area contributed by atoms with Gasteiger partial charge in [-0.2, -0.15) is 0 Å². The van der Waals surface area contributed by atoms with Crippen LogP contribution in [0.1, 0.15) is 36.9 Å². The SMILES string of the molecule is CC(=O)CC(C)n1ccnc1C(N)=O. The minimum absolute atomic E-state index is 0.0709. The first-order chi connectivity index (χ1) is 6.52. The molecule has 5 heteroatoms. The number of amides is 1. The van der Waals surface area contributed by atoms with Crippen LogP contribution in [-0.2, 0) is 4.79 Å². The monoisotopic (exact) mass is 195 g/mol. The normalized spacial score (nSPS) is 12.4. The first-order valence-corrected chi connectivity index (χ1v) is 4.34. The number of carbonyl (C=O) groups excluding carboxylic acids is 2. The van der Waals surface area contributed by atoms with Gasteiger partial charge in [-0.05, 0) is 13.8 Å². The second-order valence-electron chi connectivity index (χ2n) is 3.28. The van der Waals surface area contributed by atoms with E-state index in [2.05, 4.69) is 4.98 Å². The number of imidazole rings is 1. The number of aromatic nitrogens is 2. The van der Waals surface area contributed by atoms with Crippen molar-refractivity contribution in [3.63, 3.8) is 0 Å². The van der Waals surface area contributed by atoms with E-state index in [-0.39, 0.29) is 17.6 Å². The number of rotatable bonds is 4. The maximum Gasteiger partial charge on any atom is 0.284 e. The van der Waals surface area contributed by atoms with Gasteiger partial charge in [-0.1, -0.05) is 0 Å². The topological polar surface area (TPSA) is 78.0 Å². The highest BCUT2D eigenvalue weighted by Crippen LogP contribution is 2.13. The standard InChI is InChI=1S/C9H13N3O2/c1-6(5-7(2)13)12-4-3-11-9(12)8(10)14/h3-4,6H,5H2,1-2H3,(H2,10,14). The molecule has 0 aliphatic heterocycles. The van der Waals surface area contributed by atoms with Crippen molar-refractivity contribution < 1.29 is 9.59 Å². The van der Waals surface area contributed by atoms with Gasteiger partial charge in [0.1, 0.15) is 5.78 Å². The molecule has 1 unspecified atom stereocenters. The van der Waals surface area contributed by atoms with Gasteiger partial charge < -0.3 is 10.3 Å². The third kappa shape index (κ3) is 2.18. The molecule has 14 heavy (non-hydrogen) atoms. The Morgan fingerprint density at radius 2 is 2.29 bits per heavy atom. The van der Waals surface area contributed by atoms with Gasteiger partial charge in [0.15, 0.2) is 5.82 Å². The second kappa shape index (κ2) is 4.04. The van der Waals surface area contributed by atoms with E-state index in [9.17, 15) is 9.59 Å². The molecule has 0 bridgehead atoms. The van der Waals surface area contributed by atoms with Crippen LogP contribution >= 0.6 is 0 Å². The Morgan fingerprint density at radius 3 is 2.79 bits per heavy atom. The minimum atomic E-state index is -0.578. The summed E-state index contributed by atoms with van der Waals surface area (Å²) < 4.78 is 1.61. The van der Waals surface area contributed by atoms with Crippen molar-refractivity contribution in [3.05, 3.63) is 18.2 Å². The van der Waals surface area contributed by atoms with Crippen molar-refractivity contribution in [1.29, 1.82) is 0 Å². The number of hydrogen-bond donors (Lipinski definition) is 1. The molecule has 1 aromatic rings. The quantitative estimate of drug-likeness (QED) is 0.760. The summed E-state index contributed by atoms with van der Waals surface area (Å²) in [6.07, 6.45) is 3.51. The Bertz CT molecular complexity index is 357. The zero-order valence-corrected chi connectivity index (χ0v) is 8.23. The molecule has 0 aromatic carbocycles. The third-order valence-corrected chi connectivity index (χ3v) is 1.95. The summed E-state index contributed by atoms with van der Waals surface area (Å²) in [5.74, 6) is -0.314. The predicted molar refractivity (Wildman–Crippen MR) is 50.8 cm³/mol. The number of ketones is 1. The molecule has 0 aliphatic rings. The van der Waals surface area contributed by atoms with Crippen LogP contribution in [0.15, 0.2) is 12.4 Å². The largest absolute Gasteiger partial charge is 0.363 e. The van der Waals surface area contributed by atoms with Crippen LogP contribution in [0.2, 0.25) is 0 Å². The highest BCUT2D eigenvalue weighted by atomic mass is 16.1. The van der Waals surface area contributed by atoms with E-state index in [1.165, 1.54) is 13.1 Å². The lowest BCUT2D eigenvalue weighted by atomic mass is 10.2. The molecular formula is C9H13N3O2. The summed E-state index contributed by atoms with van der Waals surface area (Å²) >= 11 is 0. The molecule has 0 radical (unpaired) electrons. The van der Waals surface area contributed by atoms with E-state index in [0.717, 1.165) is 0 Å². The van der Waals surface area contributed by atoms with Crippen LogP contribution in [0.3, 0.4) is 0 Å². The second-order valence-corrected chi connectivity index (χ2v) is 3.28. The molecular weight excluding hydrogens is 182 g/mol. The number of nitrogens with zero attached hydrogens (tertiary/aromatic N) is 2. The number of hydrogen-bond acceptors (Lipinski definition) is 3. The Balaban J connectivity index is 2.89. The van der Waals surface area contributed by atoms with E-state index in [1.54, 1.807) is 10.8 Å². The average molecular weight is 195 g/mol. The lowest BCUT2D eigenvalue weighted by molar-refractivity contribution is -0.117. The van der Waals surface area contributed by atoms with Crippen molar-refractivity contribution in [2.45, 2.75) is 26.3 Å². The molecule has 0 saturated heterocycles. The van der Waals surface area contributed by atoms with Crippen molar-refractivity contribution in [2.75, 3.05) is 0 Å². The molecule has 1 heterocycles. The summed E-state index contributed by atoms with van der Waals surface area (Å²) in [4.78, 5) is 25.6. The van der Waals surface area contributed by atoms with Crippen molar-refractivity contribution in [3.8, 4) is 0 Å². The van der Waals surface area contributed by atoms with Crippen molar-refractivity contribution in [1.82, 2.24) is 9.55 Å². The first-order valence-electron chi connectivity index (χ1n) is 4.34. The highest BCUT2D eigenvalue weighted by Gasteiger charge is 2.14. The molecule has 0 saturated carbocycles. The number of carbonyl (C=O) groups is 2. The van der Waals surface area contributed by atoms with Gasteiger partial charge in [0, 0.05) is 24.9 Å². The molecule has 0 aliphatic carbocycles. The Hall–Kier alpha value is -1.65. The van der Waals surface area contributed by atoms with Gasteiger partial charge >= 0.3 is 0 Å². The molecule has 5 nitrogen and oxygen atoms in total. The Morgan fingerprint density at radius 1 is 1.64 bits per heavy atom. The zero-order valence-electron chi connectivity index (χ0n) is 8.23. The third-order valence-electron chi connectivity index (χ3n) is 1.95. The fourth-order valence-electron chi connectivity index (χ4n) is 1.37. The lowest BCUT2D eigenvalue weighted by Crippen LogP contribution is -2.20. The molecule has 0 fully saturated rings. The van der Waals surface area contributed by atoms with Gasteiger partial charge in [0.05, 0.1) is 0 Å². The van der Waals surface area contributed by atoms with Gasteiger partial charge in [-0.25, -0.2) is 4.98 Å². The van der Waals surface area contributed by atoms with Gasteiger partial charge in [-0.15, -0.1) is 0 Å². The summed E-state index contributed by atoms with van der Waals surface area (Å²) in [7, 11) is 0. The highest BCUT2D eigenvalue weighted by molar-refractivity contribution is 5.89.